The number of hydrogen-bond acceptors (Lipinski definition) is 10. The van der Waals surface area contributed by atoms with Crippen LogP contribution in [0.15, 0.2) is 92.9 Å². The van der Waals surface area contributed by atoms with Crippen molar-refractivity contribution >= 4 is 23.1 Å². The minimum Gasteiger partial charge on any atom is -0.431 e. The van der Waals surface area contributed by atoms with Crippen LogP contribution in [0, 0.1) is 20.2 Å². The number of non-ortho nitro benzene ring substituents is 2. The maximum absolute atomic E-state index is 11.2. The first-order valence-electron chi connectivity index (χ1n) is 10.5. The van der Waals surface area contributed by atoms with E-state index in [1.54, 1.807) is 0 Å². The van der Waals surface area contributed by atoms with Crippen LogP contribution in [0.5, 0.6) is 0 Å². The van der Waals surface area contributed by atoms with Crippen molar-refractivity contribution in [3.05, 3.63) is 105 Å². The van der Waals surface area contributed by atoms with Gasteiger partial charge in [0, 0.05) is 23.3 Å². The molecule has 3 aromatic carbocycles. The van der Waals surface area contributed by atoms with Crippen molar-refractivity contribution in [3.63, 3.8) is 0 Å². The van der Waals surface area contributed by atoms with Crippen molar-refractivity contribution in [3.8, 4) is 34.0 Å². The molecule has 0 saturated carbocycles. The van der Waals surface area contributed by atoms with E-state index in [9.17, 15) is 20.2 Å². The Morgan fingerprint density at radius 1 is 0.750 bits per heavy atom. The summed E-state index contributed by atoms with van der Waals surface area (Å²) < 4.78 is 11.7. The van der Waals surface area contributed by atoms with Gasteiger partial charge in [0.15, 0.2) is 5.76 Å². The van der Waals surface area contributed by atoms with Crippen LogP contribution in [0.4, 0.5) is 11.4 Å². The van der Waals surface area contributed by atoms with Gasteiger partial charge < -0.3 is 8.83 Å². The van der Waals surface area contributed by atoms with Crippen LogP contribution < -0.4 is 0 Å². The number of nitrogens with zero attached hydrogens (tertiary/aromatic N) is 5. The van der Waals surface area contributed by atoms with Gasteiger partial charge in [0.05, 0.1) is 27.2 Å². The lowest BCUT2D eigenvalue weighted by atomic mass is 10.1. The fraction of sp³-hybridized carbons (Fsp3) is 0.0417. The third-order valence-electron chi connectivity index (χ3n) is 5.05. The van der Waals surface area contributed by atoms with Gasteiger partial charge in [0.1, 0.15) is 5.69 Å². The van der Waals surface area contributed by atoms with Crippen LogP contribution in [0.25, 0.3) is 34.0 Å². The predicted molar refractivity (Wildman–Crippen MR) is 130 cm³/mol. The number of nitro groups is 2. The molecule has 36 heavy (non-hydrogen) atoms. The smallest absolute Gasteiger partial charge is 0.277 e. The first-order chi connectivity index (χ1) is 17.5. The molecule has 0 bridgehead atoms. The van der Waals surface area contributed by atoms with Crippen molar-refractivity contribution < 1.29 is 18.7 Å². The third-order valence-corrected chi connectivity index (χ3v) is 5.86. The molecule has 0 atom stereocenters. The zero-order chi connectivity index (χ0) is 25.1. The van der Waals surface area contributed by atoms with Crippen LogP contribution in [0.3, 0.4) is 0 Å². The summed E-state index contributed by atoms with van der Waals surface area (Å²) in [6.07, 6.45) is 0. The zero-order valence-electron chi connectivity index (χ0n) is 18.3. The van der Waals surface area contributed by atoms with E-state index in [-0.39, 0.29) is 23.1 Å². The molecule has 0 aliphatic carbocycles. The summed E-state index contributed by atoms with van der Waals surface area (Å²) >= 11 is 1.23. The number of nitro benzene ring substituents is 2. The van der Waals surface area contributed by atoms with Crippen LogP contribution in [0.1, 0.15) is 5.89 Å². The van der Waals surface area contributed by atoms with E-state index >= 15 is 0 Å². The average Bonchev–Trinajstić information content (AvgIpc) is 3.56. The number of benzene rings is 3. The van der Waals surface area contributed by atoms with Crippen molar-refractivity contribution in [2.24, 2.45) is 0 Å². The molecule has 5 aromatic rings. The second-order valence-corrected chi connectivity index (χ2v) is 8.36. The van der Waals surface area contributed by atoms with E-state index in [0.717, 1.165) is 29.3 Å². The molecule has 2 aromatic heterocycles. The van der Waals surface area contributed by atoms with Crippen LogP contribution in [0.2, 0.25) is 0 Å². The number of rotatable bonds is 8. The third kappa shape index (κ3) is 4.83. The molecule has 178 valence electrons. The average molecular weight is 501 g/mol. The summed E-state index contributed by atoms with van der Waals surface area (Å²) in [6.45, 7) is 0. The number of oxazole rings is 1. The summed E-state index contributed by atoms with van der Waals surface area (Å²) in [6, 6.07) is 22.4. The molecule has 12 heteroatoms. The Balaban J connectivity index is 1.40. The Hall–Kier alpha value is -4.84. The molecule has 5 rings (SSSR count). The highest BCUT2D eigenvalue weighted by Crippen LogP contribution is 2.36. The highest BCUT2D eigenvalue weighted by atomic mass is 32.2. The fourth-order valence-electron chi connectivity index (χ4n) is 3.42. The summed E-state index contributed by atoms with van der Waals surface area (Å²) in [5.41, 5.74) is 1.65. The molecule has 0 amide bonds. The van der Waals surface area contributed by atoms with Gasteiger partial charge in [-0.05, 0) is 0 Å². The van der Waals surface area contributed by atoms with Crippen molar-refractivity contribution in [1.82, 2.24) is 15.2 Å². The van der Waals surface area contributed by atoms with Gasteiger partial charge in [-0.25, -0.2) is 4.98 Å². The lowest BCUT2D eigenvalue weighted by molar-refractivity contribution is -0.394. The highest BCUT2D eigenvalue weighted by molar-refractivity contribution is 7.98. The molecule has 0 N–H and O–H groups in total. The molecule has 0 aliphatic rings. The quantitative estimate of drug-likeness (QED) is 0.137. The number of thioether (sulfide) groups is 1. The molecular formula is C24H15N5O6S. The Bertz CT molecular complexity index is 1460. The molecule has 0 spiro atoms. The summed E-state index contributed by atoms with van der Waals surface area (Å²) in [5.74, 6) is 0.955. The van der Waals surface area contributed by atoms with Gasteiger partial charge >= 0.3 is 0 Å². The van der Waals surface area contributed by atoms with Gasteiger partial charge in [-0.2, -0.15) is 0 Å². The standard InChI is InChI=1S/C24H15N5O6S/c30-28(31)18-11-17(12-19(13-18)29(32)33)23-27-26-20(34-23)14-36-24-25-21(15-7-3-1-4-8-15)22(35-24)16-9-5-2-6-10-16/h1-13H,14H2. The second kappa shape index (κ2) is 9.80. The van der Waals surface area contributed by atoms with E-state index < -0.39 is 21.2 Å². The molecule has 11 nitrogen and oxygen atoms in total. The van der Waals surface area contributed by atoms with E-state index in [2.05, 4.69) is 15.2 Å². The molecule has 2 heterocycles. The Morgan fingerprint density at radius 2 is 1.36 bits per heavy atom. The minimum atomic E-state index is -0.721. The first kappa shape index (κ1) is 22.9. The Kier molecular flexibility index (Phi) is 6.24. The topological polar surface area (TPSA) is 151 Å². The van der Waals surface area contributed by atoms with Gasteiger partial charge in [-0.3, -0.25) is 20.2 Å². The van der Waals surface area contributed by atoms with Crippen molar-refractivity contribution in [2.45, 2.75) is 11.0 Å². The Morgan fingerprint density at radius 3 is 1.97 bits per heavy atom. The lowest BCUT2D eigenvalue weighted by Crippen LogP contribution is -1.94. The number of hydrogen-bond donors (Lipinski definition) is 0. The van der Waals surface area contributed by atoms with Crippen molar-refractivity contribution in [2.75, 3.05) is 0 Å². The first-order valence-corrected chi connectivity index (χ1v) is 11.5. The van der Waals surface area contributed by atoms with E-state index in [0.29, 0.717) is 16.7 Å². The molecule has 0 fully saturated rings. The monoisotopic (exact) mass is 501 g/mol. The van der Waals surface area contributed by atoms with Gasteiger partial charge in [-0.15, -0.1) is 10.2 Å². The normalized spacial score (nSPS) is 10.9. The van der Waals surface area contributed by atoms with Crippen molar-refractivity contribution in [1.29, 1.82) is 0 Å². The zero-order valence-corrected chi connectivity index (χ0v) is 19.1. The SMILES string of the molecule is O=[N+]([O-])c1cc(-c2nnc(CSc3nc(-c4ccccc4)c(-c4ccccc4)o3)o2)cc([N+](=O)[O-])c1. The van der Waals surface area contributed by atoms with Gasteiger partial charge in [0.2, 0.25) is 11.8 Å². The maximum atomic E-state index is 11.2. The van der Waals surface area contributed by atoms with Gasteiger partial charge in [-0.1, -0.05) is 72.4 Å². The maximum Gasteiger partial charge on any atom is 0.277 e. The molecule has 0 aliphatic heterocycles. The molecule has 0 radical (unpaired) electrons. The predicted octanol–water partition coefficient (Wildman–Crippen LogP) is 6.17. The highest BCUT2D eigenvalue weighted by Gasteiger charge is 2.21. The summed E-state index contributed by atoms with van der Waals surface area (Å²) in [5, 5.41) is 30.5. The molecular weight excluding hydrogens is 486 g/mol. The van der Waals surface area contributed by atoms with Crippen LogP contribution >= 0.6 is 11.8 Å². The summed E-state index contributed by atoms with van der Waals surface area (Å²) in [7, 11) is 0. The number of aromatic nitrogens is 3. The van der Waals surface area contributed by atoms with E-state index in [4.69, 9.17) is 8.83 Å². The van der Waals surface area contributed by atoms with Gasteiger partial charge in [0.25, 0.3) is 16.6 Å². The fourth-order valence-corrected chi connectivity index (χ4v) is 4.08. The van der Waals surface area contributed by atoms with E-state index in [1.807, 2.05) is 60.7 Å². The Labute approximate surface area is 207 Å². The van der Waals surface area contributed by atoms with Crippen LogP contribution in [-0.4, -0.2) is 25.0 Å². The van der Waals surface area contributed by atoms with Crippen LogP contribution in [-0.2, 0) is 5.75 Å². The van der Waals surface area contributed by atoms with E-state index in [1.165, 1.54) is 11.8 Å². The minimum absolute atomic E-state index is 0.0697. The second-order valence-electron chi connectivity index (χ2n) is 7.43. The lowest BCUT2D eigenvalue weighted by Gasteiger charge is -2.00. The largest absolute Gasteiger partial charge is 0.431 e. The molecule has 0 unspecified atom stereocenters. The summed E-state index contributed by atoms with van der Waals surface area (Å²) in [4.78, 5) is 25.5. The molecule has 0 saturated heterocycles.